The van der Waals surface area contributed by atoms with E-state index in [-0.39, 0.29) is 23.5 Å². The summed E-state index contributed by atoms with van der Waals surface area (Å²) in [5, 5.41) is 8.17. The number of halogens is 1. The molecule has 1 saturated heterocycles. The maximum Gasteiger partial charge on any atom is 0.275 e. The van der Waals surface area contributed by atoms with E-state index in [0.29, 0.717) is 31.7 Å². The van der Waals surface area contributed by atoms with Gasteiger partial charge in [-0.25, -0.2) is 4.39 Å². The molecular formula is C15H15FN4O2S. The van der Waals surface area contributed by atoms with E-state index in [0.717, 1.165) is 17.1 Å². The molecule has 1 N–H and O–H groups in total. The van der Waals surface area contributed by atoms with Crippen LogP contribution in [0.2, 0.25) is 0 Å². The van der Waals surface area contributed by atoms with Crippen LogP contribution in [-0.4, -0.2) is 45.9 Å². The Labute approximate surface area is 136 Å². The Hall–Kier alpha value is -2.35. The van der Waals surface area contributed by atoms with Crippen molar-refractivity contribution in [1.82, 2.24) is 19.8 Å². The number of hydrogen-bond donors (Lipinski definition) is 1. The number of amides is 2. The molecule has 1 aliphatic heterocycles. The van der Waals surface area contributed by atoms with Crippen molar-refractivity contribution in [3.63, 3.8) is 0 Å². The van der Waals surface area contributed by atoms with Gasteiger partial charge in [0.05, 0.1) is 5.92 Å². The summed E-state index contributed by atoms with van der Waals surface area (Å²) in [7, 11) is 0. The third kappa shape index (κ3) is 3.70. The van der Waals surface area contributed by atoms with E-state index in [4.69, 9.17) is 0 Å². The third-order valence-electron chi connectivity index (χ3n) is 3.74. The predicted molar refractivity (Wildman–Crippen MR) is 82.4 cm³/mol. The molecule has 6 nitrogen and oxygen atoms in total. The zero-order chi connectivity index (χ0) is 16.2. The Morgan fingerprint density at radius 2 is 2.04 bits per heavy atom. The van der Waals surface area contributed by atoms with Crippen LogP contribution >= 0.6 is 11.5 Å². The fourth-order valence-corrected chi connectivity index (χ4v) is 2.79. The molecule has 1 aliphatic rings. The number of carbonyl (C=O) groups is 2. The number of likely N-dealkylation sites (tertiary alicyclic amines) is 1. The molecule has 3 rings (SSSR count). The minimum atomic E-state index is -0.271. The molecule has 0 saturated carbocycles. The van der Waals surface area contributed by atoms with E-state index in [9.17, 15) is 14.0 Å². The summed E-state index contributed by atoms with van der Waals surface area (Å²) in [6.45, 7) is 1.29. The lowest BCUT2D eigenvalue weighted by Gasteiger charge is -2.37. The van der Waals surface area contributed by atoms with E-state index in [1.165, 1.54) is 12.1 Å². The Balaban J connectivity index is 1.39. The topological polar surface area (TPSA) is 75.2 Å². The van der Waals surface area contributed by atoms with Crippen LogP contribution in [0.4, 0.5) is 4.39 Å². The largest absolute Gasteiger partial charge is 0.355 e. The van der Waals surface area contributed by atoms with Crippen LogP contribution in [0.3, 0.4) is 0 Å². The number of carbonyl (C=O) groups excluding carboxylic acids is 2. The van der Waals surface area contributed by atoms with Gasteiger partial charge in [-0.05, 0) is 35.6 Å². The lowest BCUT2D eigenvalue weighted by Crippen LogP contribution is -2.55. The first-order valence-corrected chi connectivity index (χ1v) is 8.05. The van der Waals surface area contributed by atoms with Crippen molar-refractivity contribution in [1.29, 1.82) is 0 Å². The highest BCUT2D eigenvalue weighted by Gasteiger charge is 2.36. The van der Waals surface area contributed by atoms with Gasteiger partial charge in [-0.1, -0.05) is 16.6 Å². The van der Waals surface area contributed by atoms with Crippen LogP contribution < -0.4 is 5.32 Å². The van der Waals surface area contributed by atoms with E-state index in [1.54, 1.807) is 22.4 Å². The molecule has 1 aromatic carbocycles. The predicted octanol–water partition coefficient (Wildman–Crippen LogP) is 1.11. The van der Waals surface area contributed by atoms with Crippen LogP contribution in [-0.2, 0) is 11.2 Å². The molecule has 2 aromatic rings. The fourth-order valence-electron chi connectivity index (χ4n) is 2.36. The van der Waals surface area contributed by atoms with E-state index < -0.39 is 0 Å². The number of rotatable bonds is 5. The zero-order valence-electron chi connectivity index (χ0n) is 12.2. The minimum Gasteiger partial charge on any atom is -0.355 e. The Bertz CT molecular complexity index is 684. The molecular weight excluding hydrogens is 319 g/mol. The van der Waals surface area contributed by atoms with Crippen molar-refractivity contribution in [2.45, 2.75) is 6.42 Å². The lowest BCUT2D eigenvalue weighted by atomic mass is 9.98. The van der Waals surface area contributed by atoms with E-state index in [1.807, 2.05) is 0 Å². The first-order chi connectivity index (χ1) is 11.1. The van der Waals surface area contributed by atoms with Crippen LogP contribution in [0.1, 0.15) is 16.1 Å². The first-order valence-electron chi connectivity index (χ1n) is 7.22. The Morgan fingerprint density at radius 3 is 2.70 bits per heavy atom. The summed E-state index contributed by atoms with van der Waals surface area (Å²) in [6.07, 6.45) is 0.645. The lowest BCUT2D eigenvalue weighted by molar-refractivity contribution is -0.128. The van der Waals surface area contributed by atoms with Gasteiger partial charge in [0.15, 0.2) is 5.69 Å². The van der Waals surface area contributed by atoms with Crippen molar-refractivity contribution < 1.29 is 14.0 Å². The second-order valence-electron chi connectivity index (χ2n) is 5.36. The number of benzene rings is 1. The standard InChI is InChI=1S/C15H15FN4O2S/c16-12-3-1-10(2-4-12)5-6-17-14(21)11-7-20(8-11)15(22)13-9-23-19-18-13/h1-4,9,11H,5-8H2,(H,17,21). The number of hydrogen-bond acceptors (Lipinski definition) is 5. The monoisotopic (exact) mass is 334 g/mol. The van der Waals surface area contributed by atoms with Gasteiger partial charge in [0.1, 0.15) is 5.82 Å². The number of aromatic nitrogens is 2. The number of nitrogens with zero attached hydrogens (tertiary/aromatic N) is 3. The quantitative estimate of drug-likeness (QED) is 0.889. The highest BCUT2D eigenvalue weighted by Crippen LogP contribution is 2.18. The van der Waals surface area contributed by atoms with Gasteiger partial charge in [-0.3, -0.25) is 9.59 Å². The maximum absolute atomic E-state index is 12.8. The van der Waals surface area contributed by atoms with Crippen LogP contribution in [0.15, 0.2) is 29.6 Å². The molecule has 1 fully saturated rings. The molecule has 0 aliphatic carbocycles. The Morgan fingerprint density at radius 1 is 1.30 bits per heavy atom. The molecule has 2 amide bonds. The average Bonchev–Trinajstić information content (AvgIpc) is 3.02. The van der Waals surface area contributed by atoms with E-state index in [2.05, 4.69) is 14.9 Å². The smallest absolute Gasteiger partial charge is 0.275 e. The summed E-state index contributed by atoms with van der Waals surface area (Å²) in [6, 6.07) is 6.21. The van der Waals surface area contributed by atoms with Gasteiger partial charge in [0.25, 0.3) is 5.91 Å². The van der Waals surface area contributed by atoms with Crippen molar-refractivity contribution in [3.05, 3.63) is 46.7 Å². The van der Waals surface area contributed by atoms with Gasteiger partial charge in [0.2, 0.25) is 5.91 Å². The SMILES string of the molecule is O=C(NCCc1ccc(F)cc1)C1CN(C(=O)c2csnn2)C1. The molecule has 0 bridgehead atoms. The summed E-state index contributed by atoms with van der Waals surface area (Å²) in [5.41, 5.74) is 1.29. The molecule has 2 heterocycles. The summed E-state index contributed by atoms with van der Waals surface area (Å²) in [4.78, 5) is 25.5. The van der Waals surface area contributed by atoms with Crippen LogP contribution in [0, 0.1) is 11.7 Å². The number of nitrogens with one attached hydrogen (secondary N) is 1. The van der Waals surface area contributed by atoms with Gasteiger partial charge < -0.3 is 10.2 Å². The van der Waals surface area contributed by atoms with Gasteiger partial charge >= 0.3 is 0 Å². The highest BCUT2D eigenvalue weighted by molar-refractivity contribution is 7.03. The fraction of sp³-hybridized carbons (Fsp3) is 0.333. The van der Waals surface area contributed by atoms with E-state index >= 15 is 0 Å². The minimum absolute atomic E-state index is 0.0624. The molecule has 1 aromatic heterocycles. The molecule has 0 unspecified atom stereocenters. The Kier molecular flexibility index (Phi) is 4.61. The maximum atomic E-state index is 12.8. The van der Waals surface area contributed by atoms with Gasteiger partial charge in [0, 0.05) is 25.0 Å². The van der Waals surface area contributed by atoms with Crippen molar-refractivity contribution >= 4 is 23.3 Å². The molecule has 0 atom stereocenters. The highest BCUT2D eigenvalue weighted by atomic mass is 32.1. The molecule has 8 heteroatoms. The van der Waals surface area contributed by atoms with Gasteiger partial charge in [-0.2, -0.15) is 0 Å². The second-order valence-corrected chi connectivity index (χ2v) is 5.97. The molecule has 23 heavy (non-hydrogen) atoms. The molecule has 0 radical (unpaired) electrons. The average molecular weight is 334 g/mol. The molecule has 120 valence electrons. The third-order valence-corrected chi connectivity index (χ3v) is 4.25. The van der Waals surface area contributed by atoms with Crippen LogP contribution in [0.5, 0.6) is 0 Å². The first kappa shape index (κ1) is 15.5. The summed E-state index contributed by atoms with van der Waals surface area (Å²) >= 11 is 1.13. The summed E-state index contributed by atoms with van der Waals surface area (Å²) < 4.78 is 16.4. The normalized spacial score (nSPS) is 14.4. The zero-order valence-corrected chi connectivity index (χ0v) is 13.1. The van der Waals surface area contributed by atoms with Crippen molar-refractivity contribution in [2.75, 3.05) is 19.6 Å². The van der Waals surface area contributed by atoms with Crippen LogP contribution in [0.25, 0.3) is 0 Å². The van der Waals surface area contributed by atoms with Crippen molar-refractivity contribution in [3.8, 4) is 0 Å². The van der Waals surface area contributed by atoms with Gasteiger partial charge in [-0.15, -0.1) is 5.10 Å². The molecule has 0 spiro atoms. The van der Waals surface area contributed by atoms with Crippen molar-refractivity contribution in [2.24, 2.45) is 5.92 Å². The summed E-state index contributed by atoms with van der Waals surface area (Å²) in [5.74, 6) is -0.701. The second kappa shape index (κ2) is 6.82.